The molecule has 10 aromatic rings. The van der Waals surface area contributed by atoms with Crippen LogP contribution in [0.4, 0.5) is 0 Å². The van der Waals surface area contributed by atoms with E-state index in [1.807, 2.05) is 0 Å². The quantitative estimate of drug-likeness (QED) is 0.0630. The van der Waals surface area contributed by atoms with E-state index in [4.69, 9.17) is 0 Å². The highest BCUT2D eigenvalue weighted by atomic mass is 28.3. The third-order valence-corrected chi connectivity index (χ3v) is 19.6. The first-order chi connectivity index (χ1) is 35.6. The molecule has 0 fully saturated rings. The fourth-order valence-corrected chi connectivity index (χ4v) is 17.1. The van der Waals surface area contributed by atoms with E-state index in [0.717, 1.165) is 38.5 Å². The Kier molecular flexibility index (Phi) is 14.1. The van der Waals surface area contributed by atoms with Crippen LogP contribution in [0.1, 0.15) is 72.3 Å². The van der Waals surface area contributed by atoms with Crippen molar-refractivity contribution in [3.05, 3.63) is 357 Å². The Balaban J connectivity index is 1.25. The van der Waals surface area contributed by atoms with Crippen LogP contribution < -0.4 is 15.6 Å². The highest BCUT2D eigenvalue weighted by Crippen LogP contribution is 2.42. The minimum atomic E-state index is -3.28. The summed E-state index contributed by atoms with van der Waals surface area (Å²) in [5, 5.41) is 4.35. The van der Waals surface area contributed by atoms with E-state index in [-0.39, 0.29) is 5.54 Å². The molecule has 348 valence electrons. The first kappa shape index (κ1) is 46.3. The van der Waals surface area contributed by atoms with Gasteiger partial charge in [-0.3, -0.25) is 0 Å². The molecule has 1 atom stereocenters. The Morgan fingerprint density at radius 1 is 0.250 bits per heavy atom. The van der Waals surface area contributed by atoms with Crippen LogP contribution in [0.25, 0.3) is 5.57 Å². The van der Waals surface area contributed by atoms with E-state index in [0.29, 0.717) is 0 Å². The smallest absolute Gasteiger partial charge is 0.0787 e. The maximum atomic E-state index is 2.64. The second-order valence-corrected chi connectivity index (χ2v) is 23.7. The second-order valence-electron chi connectivity index (χ2n) is 19.7. The maximum Gasteiger partial charge on any atom is 0.159 e. The van der Waals surface area contributed by atoms with Crippen molar-refractivity contribution in [1.29, 1.82) is 0 Å². The second kappa shape index (κ2) is 21.9. The van der Waals surface area contributed by atoms with E-state index < -0.39 is 8.07 Å². The Hall–Kier alpha value is -8.10. The highest BCUT2D eigenvalue weighted by Gasteiger charge is 2.49. The van der Waals surface area contributed by atoms with Gasteiger partial charge in [-0.1, -0.05) is 285 Å². The van der Waals surface area contributed by atoms with Crippen molar-refractivity contribution in [3.63, 3.8) is 0 Å². The summed E-state index contributed by atoms with van der Waals surface area (Å²) in [6.45, 7) is 0. The maximum absolute atomic E-state index is 3.28. The van der Waals surface area contributed by atoms with Crippen LogP contribution >= 0.6 is 0 Å². The number of hydrogen-bond acceptors (Lipinski definition) is 0. The van der Waals surface area contributed by atoms with Crippen molar-refractivity contribution in [1.82, 2.24) is 0 Å². The Bertz CT molecular complexity index is 2920. The summed E-state index contributed by atoms with van der Waals surface area (Å²) >= 11 is 0. The lowest BCUT2D eigenvalue weighted by atomic mass is 9.99. The van der Waals surface area contributed by atoms with Crippen molar-refractivity contribution in [3.8, 4) is 0 Å². The molecule has 0 heterocycles. The zero-order valence-electron chi connectivity index (χ0n) is 41.0. The molecule has 0 bridgehead atoms. The predicted octanol–water partition coefficient (Wildman–Crippen LogP) is 14.7. The van der Waals surface area contributed by atoms with Crippen LogP contribution in [0.15, 0.2) is 285 Å². The molecule has 11 rings (SSSR count). The average Bonchev–Trinajstić information content (AvgIpc) is 3.91. The summed E-state index contributed by atoms with van der Waals surface area (Å²) < 4.78 is 0. The van der Waals surface area contributed by atoms with Gasteiger partial charge in [-0.05, 0) is 132 Å². The summed E-state index contributed by atoms with van der Waals surface area (Å²) in [7, 11) is -3.28. The van der Waals surface area contributed by atoms with E-state index in [9.17, 15) is 0 Å². The number of benzene rings is 10. The summed E-state index contributed by atoms with van der Waals surface area (Å²) in [5.41, 5.74) is 18.8. The third-order valence-electron chi connectivity index (χ3n) is 14.5. The molecule has 1 aliphatic carbocycles. The van der Waals surface area contributed by atoms with Gasteiger partial charge in [-0.25, -0.2) is 0 Å². The van der Waals surface area contributed by atoms with Crippen LogP contribution in [0.2, 0.25) is 5.54 Å². The van der Waals surface area contributed by atoms with Crippen molar-refractivity contribution >= 4 is 29.2 Å². The monoisotopic (exact) mass is 940 g/mol. The first-order valence-electron chi connectivity index (χ1n) is 25.7. The zero-order chi connectivity index (χ0) is 48.4. The molecule has 0 N–H and O–H groups in total. The molecule has 0 aliphatic heterocycles. The van der Waals surface area contributed by atoms with E-state index in [1.165, 1.54) is 93.5 Å². The standard InChI is InChI=1S/C71H60Si/c1-8-23-54(24-9-1)39-60-45-61(40-55-25-10-2-11-26-55)49-67(48-60)72(71-38-22-37-70(71)66-35-20-7-21-36-66,68-50-62(41-56-27-12-3-13-28-56)46-63(51-68)42-57-29-14-4-15-30-57)69-52-64(43-58-31-16-5-17-32-58)47-65(53-69)44-59-33-18-6-19-34-59/h1-38,45-53,71H,39-44H2. The number of rotatable bonds is 17. The Morgan fingerprint density at radius 2 is 0.486 bits per heavy atom. The third kappa shape index (κ3) is 10.8. The fraction of sp³-hybridized carbons (Fsp3) is 0.0986. The Morgan fingerprint density at radius 3 is 0.736 bits per heavy atom. The predicted molar refractivity (Wildman–Crippen MR) is 307 cm³/mol. The van der Waals surface area contributed by atoms with Gasteiger partial charge in [-0.2, -0.15) is 0 Å². The minimum Gasteiger partial charge on any atom is -0.0787 e. The van der Waals surface area contributed by atoms with Gasteiger partial charge in [0.25, 0.3) is 0 Å². The van der Waals surface area contributed by atoms with Gasteiger partial charge < -0.3 is 0 Å². The summed E-state index contributed by atoms with van der Waals surface area (Å²) in [6, 6.07) is 101. The van der Waals surface area contributed by atoms with Crippen molar-refractivity contribution < 1.29 is 0 Å². The molecule has 1 heteroatoms. The molecule has 0 radical (unpaired) electrons. The molecule has 0 amide bonds. The summed E-state index contributed by atoms with van der Waals surface area (Å²) in [6.07, 6.45) is 12.5. The average molecular weight is 941 g/mol. The largest absolute Gasteiger partial charge is 0.159 e. The van der Waals surface area contributed by atoms with Crippen LogP contribution in [-0.2, 0) is 38.5 Å². The van der Waals surface area contributed by atoms with E-state index in [2.05, 4.69) is 285 Å². The number of hydrogen-bond donors (Lipinski definition) is 0. The van der Waals surface area contributed by atoms with Gasteiger partial charge in [0, 0.05) is 5.54 Å². The summed E-state index contributed by atoms with van der Waals surface area (Å²) in [5.74, 6) is 0. The molecular formula is C71H60Si. The van der Waals surface area contributed by atoms with Crippen molar-refractivity contribution in [2.24, 2.45) is 0 Å². The van der Waals surface area contributed by atoms with Crippen LogP contribution in [0.5, 0.6) is 0 Å². The molecule has 0 saturated heterocycles. The molecule has 1 unspecified atom stereocenters. The molecular weight excluding hydrogens is 881 g/mol. The number of allylic oxidation sites excluding steroid dienone is 4. The summed E-state index contributed by atoms with van der Waals surface area (Å²) in [4.78, 5) is 0. The fourth-order valence-electron chi connectivity index (χ4n) is 11.4. The van der Waals surface area contributed by atoms with Crippen molar-refractivity contribution in [2.75, 3.05) is 0 Å². The van der Waals surface area contributed by atoms with Crippen molar-refractivity contribution in [2.45, 2.75) is 44.1 Å². The molecule has 0 saturated carbocycles. The van der Waals surface area contributed by atoms with Crippen LogP contribution in [0, 0.1) is 0 Å². The van der Waals surface area contributed by atoms with Gasteiger partial charge >= 0.3 is 0 Å². The molecule has 1 aliphatic rings. The first-order valence-corrected chi connectivity index (χ1v) is 27.8. The van der Waals surface area contributed by atoms with Gasteiger partial charge in [0.05, 0.1) is 0 Å². The SMILES string of the molecule is C1=CC([Si](c2cc(Cc3ccccc3)cc(Cc3ccccc3)c2)(c2cc(Cc3ccccc3)cc(Cc3ccccc3)c2)c2cc(Cc3ccccc3)cc(Cc3ccccc3)c2)C(c2ccccc2)=C1. The molecule has 0 nitrogen and oxygen atoms in total. The van der Waals surface area contributed by atoms with E-state index in [1.54, 1.807) is 0 Å². The molecule has 72 heavy (non-hydrogen) atoms. The Labute approximate surface area is 428 Å². The molecule has 10 aromatic carbocycles. The van der Waals surface area contributed by atoms with Crippen LogP contribution in [-0.4, -0.2) is 8.07 Å². The normalized spacial score (nSPS) is 13.2. The lowest BCUT2D eigenvalue weighted by Gasteiger charge is -2.41. The van der Waals surface area contributed by atoms with Gasteiger partial charge in [0.1, 0.15) is 0 Å². The molecule has 0 spiro atoms. The lowest BCUT2D eigenvalue weighted by Crippen LogP contribution is -2.70. The topological polar surface area (TPSA) is 0 Å². The van der Waals surface area contributed by atoms with Crippen LogP contribution in [0.3, 0.4) is 0 Å². The minimum absolute atomic E-state index is 0.0737. The zero-order valence-corrected chi connectivity index (χ0v) is 42.0. The molecule has 0 aromatic heterocycles. The van der Waals surface area contributed by atoms with Gasteiger partial charge in [0.2, 0.25) is 0 Å². The van der Waals surface area contributed by atoms with E-state index >= 15 is 0 Å². The van der Waals surface area contributed by atoms with Gasteiger partial charge in [-0.15, -0.1) is 0 Å². The highest BCUT2D eigenvalue weighted by molar-refractivity contribution is 7.13. The lowest BCUT2D eigenvalue weighted by molar-refractivity contribution is 1.13. The van der Waals surface area contributed by atoms with Gasteiger partial charge in [0.15, 0.2) is 8.07 Å².